The van der Waals surface area contributed by atoms with E-state index in [2.05, 4.69) is 34.8 Å². The molecule has 1 heterocycles. The first kappa shape index (κ1) is 14.8. The minimum absolute atomic E-state index is 0.205. The zero-order chi connectivity index (χ0) is 15.0. The number of aromatic amines is 1. The van der Waals surface area contributed by atoms with Gasteiger partial charge in [-0.1, -0.05) is 25.5 Å². The molecule has 21 heavy (non-hydrogen) atoms. The van der Waals surface area contributed by atoms with E-state index in [1.165, 1.54) is 12.8 Å². The number of aromatic nitrogens is 2. The van der Waals surface area contributed by atoms with Crippen LogP contribution >= 0.6 is 0 Å². The van der Waals surface area contributed by atoms with Crippen LogP contribution in [0.1, 0.15) is 38.2 Å². The maximum atomic E-state index is 9.34. The molecule has 1 fully saturated rings. The summed E-state index contributed by atoms with van der Waals surface area (Å²) < 4.78 is 0. The molecule has 2 N–H and O–H groups in total. The number of hydrogen-bond donors (Lipinski definition) is 2. The molecule has 1 saturated carbocycles. The molecule has 4 heteroatoms. The van der Waals surface area contributed by atoms with Crippen molar-refractivity contribution in [3.8, 4) is 0 Å². The lowest BCUT2D eigenvalue weighted by atomic mass is 9.49. The maximum absolute atomic E-state index is 9.34. The van der Waals surface area contributed by atoms with E-state index < -0.39 is 0 Å². The molecule has 0 radical (unpaired) electrons. The van der Waals surface area contributed by atoms with Crippen LogP contribution in [0.5, 0.6) is 0 Å². The van der Waals surface area contributed by atoms with Crippen LogP contribution < -0.4 is 0 Å². The van der Waals surface area contributed by atoms with Crippen LogP contribution in [0, 0.1) is 24.2 Å². The summed E-state index contributed by atoms with van der Waals surface area (Å²) in [5, 5.41) is 9.34. The van der Waals surface area contributed by atoms with Gasteiger partial charge in [-0.2, -0.15) is 0 Å². The Hall–Kier alpha value is -1.13. The number of rotatable bonds is 6. The van der Waals surface area contributed by atoms with Gasteiger partial charge in [-0.15, -0.1) is 0 Å². The second kappa shape index (κ2) is 5.58. The molecule has 3 aliphatic rings. The highest BCUT2D eigenvalue weighted by molar-refractivity contribution is 5.24. The zero-order valence-corrected chi connectivity index (χ0v) is 13.4. The fourth-order valence-electron chi connectivity index (χ4n) is 4.06. The lowest BCUT2D eigenvalue weighted by Gasteiger charge is -2.57. The minimum Gasteiger partial charge on any atom is -0.395 e. The fraction of sp³-hybridized carbons (Fsp3) is 0.706. The molecule has 0 amide bonds. The largest absolute Gasteiger partial charge is 0.395 e. The van der Waals surface area contributed by atoms with E-state index >= 15 is 0 Å². The molecule has 4 nitrogen and oxygen atoms in total. The van der Waals surface area contributed by atoms with E-state index in [-0.39, 0.29) is 6.61 Å². The van der Waals surface area contributed by atoms with Gasteiger partial charge in [0.15, 0.2) is 0 Å². The fourth-order valence-corrected chi connectivity index (χ4v) is 4.06. The Balaban J connectivity index is 1.66. The van der Waals surface area contributed by atoms with Crippen molar-refractivity contribution in [2.45, 2.75) is 40.2 Å². The topological polar surface area (TPSA) is 52.1 Å². The highest BCUT2D eigenvalue weighted by Crippen LogP contribution is 2.59. The number of aliphatic hydroxyl groups excluding tert-OH is 1. The molecule has 3 aliphatic carbocycles. The lowest BCUT2D eigenvalue weighted by molar-refractivity contribution is -0.0113. The molecule has 2 atom stereocenters. The summed E-state index contributed by atoms with van der Waals surface area (Å²) in [6, 6.07) is 0. The van der Waals surface area contributed by atoms with E-state index in [9.17, 15) is 5.11 Å². The SMILES string of the molecule is Cc1ncc(CN(CCO)CC2=CC[C@H]3C[C@@H]2C3(C)C)[nH]1. The number of fused-ring (bicyclic) bond motifs is 1. The Morgan fingerprint density at radius 3 is 2.81 bits per heavy atom. The monoisotopic (exact) mass is 289 g/mol. The Kier molecular flexibility index (Phi) is 3.93. The number of nitrogens with zero attached hydrogens (tertiary/aromatic N) is 2. The maximum Gasteiger partial charge on any atom is 0.103 e. The lowest BCUT2D eigenvalue weighted by Crippen LogP contribution is -2.50. The van der Waals surface area contributed by atoms with Crippen LogP contribution in [0.3, 0.4) is 0 Å². The number of imidazole rings is 1. The van der Waals surface area contributed by atoms with Crippen LogP contribution in [-0.2, 0) is 6.54 Å². The summed E-state index contributed by atoms with van der Waals surface area (Å²) in [6.45, 7) is 9.51. The van der Waals surface area contributed by atoms with E-state index in [0.717, 1.165) is 36.4 Å². The minimum atomic E-state index is 0.205. The Morgan fingerprint density at radius 1 is 1.43 bits per heavy atom. The second-order valence-electron chi connectivity index (χ2n) is 7.25. The summed E-state index contributed by atoms with van der Waals surface area (Å²) in [4.78, 5) is 9.88. The normalized spacial score (nSPS) is 26.6. The molecule has 0 unspecified atom stereocenters. The third-order valence-corrected chi connectivity index (χ3v) is 5.55. The summed E-state index contributed by atoms with van der Waals surface area (Å²) in [7, 11) is 0. The molecular formula is C17H27N3O. The molecule has 4 rings (SSSR count). The molecule has 1 aromatic rings. The van der Waals surface area contributed by atoms with Crippen molar-refractivity contribution in [3.63, 3.8) is 0 Å². The van der Waals surface area contributed by atoms with E-state index in [1.54, 1.807) is 5.57 Å². The van der Waals surface area contributed by atoms with Crippen molar-refractivity contribution in [2.75, 3.05) is 19.7 Å². The Labute approximate surface area is 127 Å². The van der Waals surface area contributed by atoms with Gasteiger partial charge in [0.05, 0.1) is 6.61 Å². The number of allylic oxidation sites excluding steroid dienone is 1. The van der Waals surface area contributed by atoms with Crippen molar-refractivity contribution in [3.05, 3.63) is 29.4 Å². The quantitative estimate of drug-likeness (QED) is 0.791. The summed E-state index contributed by atoms with van der Waals surface area (Å²) >= 11 is 0. The number of H-pyrrole nitrogens is 1. The third-order valence-electron chi connectivity index (χ3n) is 5.55. The Bertz CT molecular complexity index is 532. The van der Waals surface area contributed by atoms with Crippen molar-refractivity contribution >= 4 is 0 Å². The Morgan fingerprint density at radius 2 is 2.24 bits per heavy atom. The van der Waals surface area contributed by atoms with Gasteiger partial charge in [-0.3, -0.25) is 4.90 Å². The van der Waals surface area contributed by atoms with Crippen LogP contribution in [0.4, 0.5) is 0 Å². The van der Waals surface area contributed by atoms with Crippen molar-refractivity contribution in [1.82, 2.24) is 14.9 Å². The van der Waals surface area contributed by atoms with Gasteiger partial charge in [0.2, 0.25) is 0 Å². The summed E-state index contributed by atoms with van der Waals surface area (Å²) in [6.07, 6.45) is 6.94. The van der Waals surface area contributed by atoms with Crippen LogP contribution in [0.25, 0.3) is 0 Å². The first-order valence-electron chi connectivity index (χ1n) is 8.03. The molecule has 0 aliphatic heterocycles. The van der Waals surface area contributed by atoms with Gasteiger partial charge in [0.1, 0.15) is 5.82 Å². The van der Waals surface area contributed by atoms with Crippen molar-refractivity contribution < 1.29 is 5.11 Å². The van der Waals surface area contributed by atoms with Crippen LogP contribution in [0.15, 0.2) is 17.8 Å². The third kappa shape index (κ3) is 2.79. The van der Waals surface area contributed by atoms with E-state index in [1.807, 2.05) is 13.1 Å². The average molecular weight is 289 g/mol. The second-order valence-corrected chi connectivity index (χ2v) is 7.25. The molecule has 1 aromatic heterocycles. The van der Waals surface area contributed by atoms with Crippen molar-refractivity contribution in [1.29, 1.82) is 0 Å². The highest BCUT2D eigenvalue weighted by atomic mass is 16.3. The van der Waals surface area contributed by atoms with Gasteiger partial charge < -0.3 is 10.1 Å². The smallest absolute Gasteiger partial charge is 0.103 e. The predicted octanol–water partition coefficient (Wildman–Crippen LogP) is 2.50. The van der Waals surface area contributed by atoms with Gasteiger partial charge in [0.25, 0.3) is 0 Å². The highest BCUT2D eigenvalue weighted by Gasteiger charge is 2.51. The predicted molar refractivity (Wildman–Crippen MR) is 83.8 cm³/mol. The van der Waals surface area contributed by atoms with Gasteiger partial charge in [-0.25, -0.2) is 4.98 Å². The average Bonchev–Trinajstić information content (AvgIpc) is 2.84. The molecule has 0 saturated heterocycles. The first-order chi connectivity index (χ1) is 10.0. The summed E-state index contributed by atoms with van der Waals surface area (Å²) in [5.74, 6) is 2.57. The standard InChI is InChI=1S/C17H27N3O/c1-12-18-9-15(19-12)11-20(6-7-21)10-13-4-5-14-8-16(13)17(14,2)3/h4,9,14,16,21H,5-8,10-11H2,1-3H3,(H,18,19)/t14-,16-/m0/s1. The molecule has 116 valence electrons. The molecule has 0 spiro atoms. The molecule has 2 bridgehead atoms. The number of aliphatic hydroxyl groups is 1. The molecule has 0 aromatic carbocycles. The summed E-state index contributed by atoms with van der Waals surface area (Å²) in [5.41, 5.74) is 3.18. The molecular weight excluding hydrogens is 262 g/mol. The van der Waals surface area contributed by atoms with Crippen molar-refractivity contribution in [2.24, 2.45) is 17.3 Å². The van der Waals surface area contributed by atoms with Gasteiger partial charge >= 0.3 is 0 Å². The van der Waals surface area contributed by atoms with E-state index in [0.29, 0.717) is 12.0 Å². The van der Waals surface area contributed by atoms with Gasteiger partial charge in [-0.05, 0) is 37.0 Å². The van der Waals surface area contributed by atoms with Crippen LogP contribution in [0.2, 0.25) is 0 Å². The number of aryl methyl sites for hydroxylation is 1. The van der Waals surface area contributed by atoms with E-state index in [4.69, 9.17) is 0 Å². The zero-order valence-electron chi connectivity index (χ0n) is 13.4. The van der Waals surface area contributed by atoms with Crippen LogP contribution in [-0.4, -0.2) is 39.7 Å². The number of nitrogens with one attached hydrogen (secondary N) is 1. The first-order valence-corrected chi connectivity index (χ1v) is 8.03. The number of hydrogen-bond acceptors (Lipinski definition) is 3. The van der Waals surface area contributed by atoms with Gasteiger partial charge in [0, 0.05) is 31.5 Å².